The highest BCUT2D eigenvalue weighted by Gasteiger charge is 2.14. The topological polar surface area (TPSA) is 55.8 Å². The van der Waals surface area contributed by atoms with Crippen LogP contribution in [0.25, 0.3) is 0 Å². The van der Waals surface area contributed by atoms with Gasteiger partial charge < -0.3 is 14.4 Å². The number of rotatable bonds is 6. The van der Waals surface area contributed by atoms with E-state index in [2.05, 4.69) is 6.58 Å². The Morgan fingerprint density at radius 2 is 1.94 bits per heavy atom. The fraction of sp³-hybridized carbons (Fsp3) is 0.636. The molecule has 92 valence electrons. The maximum Gasteiger partial charge on any atom is 0.409 e. The first kappa shape index (κ1) is 14.5. The molecule has 0 heterocycles. The lowest BCUT2D eigenvalue weighted by Crippen LogP contribution is -2.33. The molecule has 1 amide bonds. The Morgan fingerprint density at radius 3 is 2.38 bits per heavy atom. The number of hydrogen-bond donors (Lipinski definition) is 0. The van der Waals surface area contributed by atoms with Gasteiger partial charge in [0.05, 0.1) is 0 Å². The van der Waals surface area contributed by atoms with Gasteiger partial charge in [-0.2, -0.15) is 0 Å². The van der Waals surface area contributed by atoms with Gasteiger partial charge >= 0.3 is 12.1 Å². The molecule has 0 rings (SSSR count). The molecule has 1 unspecified atom stereocenters. The lowest BCUT2D eigenvalue weighted by molar-refractivity contribution is -0.144. The summed E-state index contributed by atoms with van der Waals surface area (Å²) in [5.41, 5.74) is 0. The molecule has 0 spiro atoms. The normalized spacial score (nSPS) is 11.4. The van der Waals surface area contributed by atoms with Crippen molar-refractivity contribution in [1.29, 1.82) is 0 Å². The van der Waals surface area contributed by atoms with Crippen molar-refractivity contribution in [2.24, 2.45) is 0 Å². The molecule has 0 aliphatic rings. The monoisotopic (exact) mass is 229 g/mol. The maximum atomic E-state index is 11.4. The van der Waals surface area contributed by atoms with E-state index in [9.17, 15) is 9.59 Å². The zero-order chi connectivity index (χ0) is 12.6. The van der Waals surface area contributed by atoms with Crippen molar-refractivity contribution in [1.82, 2.24) is 4.90 Å². The minimum Gasteiger partial charge on any atom is -0.456 e. The Hall–Kier alpha value is -1.52. The number of esters is 1. The smallest absolute Gasteiger partial charge is 0.409 e. The molecule has 0 bridgehead atoms. The summed E-state index contributed by atoms with van der Waals surface area (Å²) in [6, 6.07) is 0. The van der Waals surface area contributed by atoms with E-state index in [-0.39, 0.29) is 6.61 Å². The van der Waals surface area contributed by atoms with Crippen LogP contribution in [-0.4, -0.2) is 42.8 Å². The molecule has 0 aromatic heterocycles. The van der Waals surface area contributed by atoms with Gasteiger partial charge in [0.15, 0.2) is 0 Å². The lowest BCUT2D eigenvalue weighted by atomic mass is 10.4. The molecule has 0 aromatic rings. The molecule has 0 fully saturated rings. The van der Waals surface area contributed by atoms with E-state index in [1.165, 1.54) is 0 Å². The molecule has 0 N–H and O–H groups in total. The van der Waals surface area contributed by atoms with Gasteiger partial charge in [-0.25, -0.2) is 9.59 Å². The largest absolute Gasteiger partial charge is 0.456 e. The van der Waals surface area contributed by atoms with Crippen LogP contribution in [0.3, 0.4) is 0 Å². The van der Waals surface area contributed by atoms with Crippen LogP contribution in [0.5, 0.6) is 0 Å². The molecular formula is C11H19NO4. The van der Waals surface area contributed by atoms with Crippen LogP contribution in [0.2, 0.25) is 0 Å². The lowest BCUT2D eigenvalue weighted by Gasteiger charge is -2.19. The van der Waals surface area contributed by atoms with Crippen molar-refractivity contribution >= 4 is 12.1 Å². The molecule has 0 aromatic carbocycles. The molecule has 1 atom stereocenters. The Morgan fingerprint density at radius 1 is 1.38 bits per heavy atom. The van der Waals surface area contributed by atoms with Gasteiger partial charge in [0.1, 0.15) is 12.7 Å². The number of nitrogens with zero attached hydrogens (tertiary/aromatic N) is 1. The molecule has 0 saturated heterocycles. The number of amides is 1. The van der Waals surface area contributed by atoms with Gasteiger partial charge in [0, 0.05) is 19.2 Å². The van der Waals surface area contributed by atoms with Gasteiger partial charge in [-0.15, -0.1) is 0 Å². The molecule has 0 aliphatic carbocycles. The van der Waals surface area contributed by atoms with E-state index in [4.69, 9.17) is 9.47 Å². The molecule has 0 aliphatic heterocycles. The summed E-state index contributed by atoms with van der Waals surface area (Å²) in [5, 5.41) is 0. The second-order valence-electron chi connectivity index (χ2n) is 3.20. The molecule has 0 radical (unpaired) electrons. The summed E-state index contributed by atoms with van der Waals surface area (Å²) in [5.74, 6) is -0.522. The van der Waals surface area contributed by atoms with Crippen LogP contribution in [0, 0.1) is 0 Å². The average molecular weight is 229 g/mol. The number of ether oxygens (including phenoxy) is 2. The average Bonchev–Trinajstić information content (AvgIpc) is 2.27. The van der Waals surface area contributed by atoms with Gasteiger partial charge in [-0.1, -0.05) is 6.58 Å². The Bertz CT molecular complexity index is 248. The maximum absolute atomic E-state index is 11.4. The number of hydrogen-bond acceptors (Lipinski definition) is 4. The predicted molar refractivity (Wildman–Crippen MR) is 60.0 cm³/mol. The molecule has 5 nitrogen and oxygen atoms in total. The summed E-state index contributed by atoms with van der Waals surface area (Å²) in [6.45, 7) is 9.89. The Balaban J connectivity index is 3.90. The van der Waals surface area contributed by atoms with Crippen molar-refractivity contribution in [2.45, 2.75) is 26.9 Å². The van der Waals surface area contributed by atoms with Crippen LogP contribution in [0.4, 0.5) is 4.79 Å². The first-order valence-electron chi connectivity index (χ1n) is 5.29. The molecule has 5 heteroatoms. The second-order valence-corrected chi connectivity index (χ2v) is 3.20. The van der Waals surface area contributed by atoms with Gasteiger partial charge in [0.25, 0.3) is 0 Å². The first-order chi connectivity index (χ1) is 7.54. The highest BCUT2D eigenvalue weighted by molar-refractivity contribution is 5.81. The van der Waals surface area contributed by atoms with Crippen molar-refractivity contribution in [3.8, 4) is 0 Å². The molecule has 0 saturated carbocycles. The standard InChI is InChI=1S/C11H19NO4/c1-5-10(13)16-9(4)8-15-11(14)12(6-2)7-3/h5,9H,1,6-8H2,2-4H3. The number of carbonyl (C=O) groups is 2. The highest BCUT2D eigenvalue weighted by Crippen LogP contribution is 1.98. The third-order valence-corrected chi connectivity index (χ3v) is 1.95. The van der Waals surface area contributed by atoms with Gasteiger partial charge in [-0.05, 0) is 20.8 Å². The van der Waals surface area contributed by atoms with Crippen molar-refractivity contribution in [2.75, 3.05) is 19.7 Å². The van der Waals surface area contributed by atoms with Crippen molar-refractivity contribution in [3.05, 3.63) is 12.7 Å². The summed E-state index contributed by atoms with van der Waals surface area (Å²) in [6.07, 6.45) is 0.208. The second kappa shape index (κ2) is 7.73. The van der Waals surface area contributed by atoms with Crippen LogP contribution in [0.1, 0.15) is 20.8 Å². The van der Waals surface area contributed by atoms with E-state index in [0.717, 1.165) is 6.08 Å². The fourth-order valence-corrected chi connectivity index (χ4v) is 1.04. The van der Waals surface area contributed by atoms with Crippen LogP contribution >= 0.6 is 0 Å². The summed E-state index contributed by atoms with van der Waals surface area (Å²) in [7, 11) is 0. The zero-order valence-corrected chi connectivity index (χ0v) is 10.1. The molecule has 16 heavy (non-hydrogen) atoms. The number of carbonyl (C=O) groups excluding carboxylic acids is 2. The summed E-state index contributed by atoms with van der Waals surface area (Å²) >= 11 is 0. The van der Waals surface area contributed by atoms with E-state index in [1.807, 2.05) is 13.8 Å². The van der Waals surface area contributed by atoms with E-state index >= 15 is 0 Å². The first-order valence-corrected chi connectivity index (χ1v) is 5.29. The quantitative estimate of drug-likeness (QED) is 0.512. The minimum absolute atomic E-state index is 0.0505. The van der Waals surface area contributed by atoms with Crippen molar-refractivity contribution in [3.63, 3.8) is 0 Å². The fourth-order valence-electron chi connectivity index (χ4n) is 1.04. The molecular weight excluding hydrogens is 210 g/mol. The third kappa shape index (κ3) is 5.38. The van der Waals surface area contributed by atoms with E-state index < -0.39 is 18.2 Å². The highest BCUT2D eigenvalue weighted by atomic mass is 16.6. The summed E-state index contributed by atoms with van der Waals surface area (Å²) < 4.78 is 9.81. The summed E-state index contributed by atoms with van der Waals surface area (Å²) in [4.78, 5) is 23.8. The Kier molecular flexibility index (Phi) is 7.00. The van der Waals surface area contributed by atoms with Crippen molar-refractivity contribution < 1.29 is 19.1 Å². The SMILES string of the molecule is C=CC(=O)OC(C)COC(=O)N(CC)CC. The Labute approximate surface area is 96.0 Å². The zero-order valence-electron chi connectivity index (χ0n) is 10.1. The third-order valence-electron chi connectivity index (χ3n) is 1.95. The van der Waals surface area contributed by atoms with Gasteiger partial charge in [-0.3, -0.25) is 0 Å². The van der Waals surface area contributed by atoms with E-state index in [0.29, 0.717) is 13.1 Å². The van der Waals surface area contributed by atoms with E-state index in [1.54, 1.807) is 11.8 Å². The van der Waals surface area contributed by atoms with Crippen LogP contribution in [-0.2, 0) is 14.3 Å². The van der Waals surface area contributed by atoms with Gasteiger partial charge in [0.2, 0.25) is 0 Å². The van der Waals surface area contributed by atoms with Crippen LogP contribution in [0.15, 0.2) is 12.7 Å². The predicted octanol–water partition coefficient (Wildman–Crippen LogP) is 1.58. The van der Waals surface area contributed by atoms with Crippen LogP contribution < -0.4 is 0 Å². The minimum atomic E-state index is -0.522.